The smallest absolute Gasteiger partial charge is 0.191 e. The maximum absolute atomic E-state index is 5.26. The number of nitrogens with zero attached hydrogens (tertiary/aromatic N) is 2. The Labute approximate surface area is 144 Å². The summed E-state index contributed by atoms with van der Waals surface area (Å²) in [7, 11) is 1.78. The molecule has 0 radical (unpaired) electrons. The molecule has 0 aromatic carbocycles. The van der Waals surface area contributed by atoms with Crippen LogP contribution in [0.2, 0.25) is 0 Å². The topological polar surface area (TPSA) is 58.5 Å². The fraction of sp³-hybridized carbons (Fsp3) is 0.765. The van der Waals surface area contributed by atoms with Gasteiger partial charge in [0.1, 0.15) is 0 Å². The molecule has 130 valence electrons. The Hall–Kier alpha value is -1.14. The van der Waals surface area contributed by atoms with Crippen molar-refractivity contribution in [2.24, 2.45) is 10.4 Å². The van der Waals surface area contributed by atoms with Gasteiger partial charge in [-0.25, -0.2) is 4.98 Å². The van der Waals surface area contributed by atoms with Crippen LogP contribution in [0.5, 0.6) is 0 Å². The molecule has 0 saturated heterocycles. The van der Waals surface area contributed by atoms with E-state index in [9.17, 15) is 0 Å². The lowest BCUT2D eigenvalue weighted by atomic mass is 9.67. The van der Waals surface area contributed by atoms with Crippen LogP contribution in [-0.4, -0.2) is 44.3 Å². The van der Waals surface area contributed by atoms with E-state index in [1.807, 2.05) is 6.20 Å². The third kappa shape index (κ3) is 5.77. The first-order valence-corrected chi connectivity index (χ1v) is 9.41. The lowest BCUT2D eigenvalue weighted by Gasteiger charge is -2.40. The van der Waals surface area contributed by atoms with Gasteiger partial charge in [-0.05, 0) is 38.5 Å². The van der Waals surface area contributed by atoms with Crippen LogP contribution >= 0.6 is 11.3 Å². The Balaban J connectivity index is 1.81. The van der Waals surface area contributed by atoms with Crippen LogP contribution in [0.3, 0.4) is 0 Å². The van der Waals surface area contributed by atoms with Crippen LogP contribution < -0.4 is 10.6 Å². The van der Waals surface area contributed by atoms with Crippen LogP contribution in [-0.2, 0) is 11.2 Å². The first-order valence-electron chi connectivity index (χ1n) is 8.60. The van der Waals surface area contributed by atoms with Gasteiger partial charge < -0.3 is 15.4 Å². The van der Waals surface area contributed by atoms with Gasteiger partial charge in [-0.3, -0.25) is 4.99 Å². The third-order valence-electron chi connectivity index (χ3n) is 4.47. The molecule has 0 aliphatic heterocycles. The molecule has 6 heteroatoms. The molecule has 1 heterocycles. The van der Waals surface area contributed by atoms with Gasteiger partial charge in [-0.2, -0.15) is 0 Å². The molecular weight excluding hydrogens is 308 g/mol. The second kappa shape index (κ2) is 9.23. The van der Waals surface area contributed by atoms with E-state index in [2.05, 4.69) is 29.5 Å². The van der Waals surface area contributed by atoms with Gasteiger partial charge in [-0.15, -0.1) is 11.3 Å². The first-order chi connectivity index (χ1) is 11.2. The zero-order valence-electron chi connectivity index (χ0n) is 14.7. The Bertz CT molecular complexity index is 497. The lowest BCUT2D eigenvalue weighted by Crippen LogP contribution is -2.41. The fourth-order valence-electron chi connectivity index (χ4n) is 2.88. The SMILES string of the molecule is CCNC(=NCC1(CCOC)CCC1)NCCc1ncc(C)s1. The molecule has 0 amide bonds. The van der Waals surface area contributed by atoms with Crippen molar-refractivity contribution >= 4 is 17.3 Å². The quantitative estimate of drug-likeness (QED) is 0.537. The number of methoxy groups -OCH3 is 1. The van der Waals surface area contributed by atoms with E-state index in [0.29, 0.717) is 5.41 Å². The summed E-state index contributed by atoms with van der Waals surface area (Å²) in [4.78, 5) is 10.5. The number of guanidine groups is 1. The normalized spacial score (nSPS) is 16.9. The van der Waals surface area contributed by atoms with Crippen LogP contribution in [0.25, 0.3) is 0 Å². The van der Waals surface area contributed by atoms with Gasteiger partial charge >= 0.3 is 0 Å². The minimum atomic E-state index is 0.366. The molecule has 1 aliphatic rings. The highest BCUT2D eigenvalue weighted by atomic mass is 32.1. The third-order valence-corrected chi connectivity index (χ3v) is 5.44. The number of thiazole rings is 1. The summed E-state index contributed by atoms with van der Waals surface area (Å²) in [5.41, 5.74) is 0.366. The number of aromatic nitrogens is 1. The summed E-state index contributed by atoms with van der Waals surface area (Å²) < 4.78 is 5.26. The summed E-state index contributed by atoms with van der Waals surface area (Å²) in [6, 6.07) is 0. The van der Waals surface area contributed by atoms with Gasteiger partial charge in [0.05, 0.1) is 5.01 Å². The zero-order chi connectivity index (χ0) is 16.5. The highest BCUT2D eigenvalue weighted by molar-refractivity contribution is 7.11. The summed E-state index contributed by atoms with van der Waals surface area (Å²) in [6.45, 7) is 7.67. The molecule has 0 unspecified atom stereocenters. The highest BCUT2D eigenvalue weighted by Crippen LogP contribution is 2.44. The average molecular weight is 339 g/mol. The van der Waals surface area contributed by atoms with Crippen molar-refractivity contribution in [1.29, 1.82) is 0 Å². The van der Waals surface area contributed by atoms with E-state index in [4.69, 9.17) is 9.73 Å². The Morgan fingerprint density at radius 2 is 2.26 bits per heavy atom. The number of nitrogens with one attached hydrogen (secondary N) is 2. The van der Waals surface area contributed by atoms with Crippen molar-refractivity contribution in [1.82, 2.24) is 15.6 Å². The van der Waals surface area contributed by atoms with Crippen LogP contribution in [0.15, 0.2) is 11.2 Å². The maximum atomic E-state index is 5.26. The fourth-order valence-corrected chi connectivity index (χ4v) is 3.66. The van der Waals surface area contributed by atoms with Gasteiger partial charge in [0, 0.05) is 50.8 Å². The molecular formula is C17H30N4OS. The van der Waals surface area contributed by atoms with E-state index in [0.717, 1.165) is 45.0 Å². The van der Waals surface area contributed by atoms with E-state index >= 15 is 0 Å². The largest absolute Gasteiger partial charge is 0.385 e. The van der Waals surface area contributed by atoms with E-state index in [1.54, 1.807) is 18.4 Å². The van der Waals surface area contributed by atoms with Crippen molar-refractivity contribution in [3.05, 3.63) is 16.1 Å². The molecule has 0 atom stereocenters. The lowest BCUT2D eigenvalue weighted by molar-refractivity contribution is 0.0778. The van der Waals surface area contributed by atoms with Crippen molar-refractivity contribution in [2.45, 2.75) is 46.0 Å². The molecule has 1 fully saturated rings. The molecule has 0 spiro atoms. The van der Waals surface area contributed by atoms with Crippen molar-refractivity contribution in [2.75, 3.05) is 33.4 Å². The van der Waals surface area contributed by atoms with Crippen LogP contribution in [0, 0.1) is 12.3 Å². The summed E-state index contributed by atoms with van der Waals surface area (Å²) in [5, 5.41) is 7.95. The molecule has 1 aliphatic carbocycles. The molecule has 2 N–H and O–H groups in total. The number of hydrogen-bond acceptors (Lipinski definition) is 4. The molecule has 5 nitrogen and oxygen atoms in total. The molecule has 0 bridgehead atoms. The number of hydrogen-bond donors (Lipinski definition) is 2. The molecule has 1 saturated carbocycles. The number of aliphatic imine (C=N–C) groups is 1. The first kappa shape index (κ1) is 18.2. The minimum absolute atomic E-state index is 0.366. The highest BCUT2D eigenvalue weighted by Gasteiger charge is 2.36. The van der Waals surface area contributed by atoms with E-state index in [1.165, 1.54) is 29.1 Å². The van der Waals surface area contributed by atoms with Crippen molar-refractivity contribution in [3.8, 4) is 0 Å². The molecule has 1 aromatic heterocycles. The monoisotopic (exact) mass is 338 g/mol. The van der Waals surface area contributed by atoms with E-state index < -0.39 is 0 Å². The standard InChI is InChI=1S/C17H30N4OS/c1-4-18-16(19-10-6-15-20-12-14(2)23-15)21-13-17(7-5-8-17)9-11-22-3/h12H,4-11,13H2,1-3H3,(H2,18,19,21). The van der Waals surface area contributed by atoms with Crippen molar-refractivity contribution in [3.63, 3.8) is 0 Å². The Morgan fingerprint density at radius 3 is 2.83 bits per heavy atom. The number of ether oxygens (including phenoxy) is 1. The summed E-state index contributed by atoms with van der Waals surface area (Å²) in [6.07, 6.45) is 7.87. The Morgan fingerprint density at radius 1 is 1.43 bits per heavy atom. The number of aryl methyl sites for hydroxylation is 1. The predicted molar refractivity (Wildman–Crippen MR) is 97.3 cm³/mol. The summed E-state index contributed by atoms with van der Waals surface area (Å²) >= 11 is 1.77. The van der Waals surface area contributed by atoms with Gasteiger partial charge in [-0.1, -0.05) is 6.42 Å². The zero-order valence-corrected chi connectivity index (χ0v) is 15.5. The predicted octanol–water partition coefficient (Wildman–Crippen LogP) is 2.76. The van der Waals surface area contributed by atoms with Gasteiger partial charge in [0.25, 0.3) is 0 Å². The van der Waals surface area contributed by atoms with Crippen molar-refractivity contribution < 1.29 is 4.74 Å². The second-order valence-electron chi connectivity index (χ2n) is 6.33. The van der Waals surface area contributed by atoms with Crippen LogP contribution in [0.4, 0.5) is 0 Å². The number of rotatable bonds is 9. The van der Waals surface area contributed by atoms with E-state index in [-0.39, 0.29) is 0 Å². The summed E-state index contributed by atoms with van der Waals surface area (Å²) in [5.74, 6) is 0.921. The van der Waals surface area contributed by atoms with Gasteiger partial charge in [0.15, 0.2) is 5.96 Å². The van der Waals surface area contributed by atoms with Crippen LogP contribution in [0.1, 0.15) is 42.5 Å². The average Bonchev–Trinajstić information content (AvgIpc) is 2.91. The molecule has 23 heavy (non-hydrogen) atoms. The molecule has 1 aromatic rings. The minimum Gasteiger partial charge on any atom is -0.385 e. The maximum Gasteiger partial charge on any atom is 0.191 e. The Kier molecular flexibility index (Phi) is 7.30. The molecule has 2 rings (SSSR count). The second-order valence-corrected chi connectivity index (χ2v) is 7.65. The van der Waals surface area contributed by atoms with Gasteiger partial charge in [0.2, 0.25) is 0 Å².